The monoisotopic (exact) mass is 342 g/mol. The highest BCUT2D eigenvalue weighted by Gasteiger charge is 2.21. The molecule has 0 amide bonds. The van der Waals surface area contributed by atoms with Gasteiger partial charge in [-0.25, -0.2) is 0 Å². The van der Waals surface area contributed by atoms with Gasteiger partial charge in [0.25, 0.3) is 0 Å². The maximum atomic E-state index is 3.35. The summed E-state index contributed by atoms with van der Waals surface area (Å²) >= 11 is 0. The molecule has 2 unspecified atom stereocenters. The lowest BCUT2D eigenvalue weighted by Crippen LogP contribution is -2.17. The van der Waals surface area contributed by atoms with E-state index in [4.69, 9.17) is 0 Å². The Labute approximate surface area is 156 Å². The molecule has 26 heavy (non-hydrogen) atoms. The second-order valence-corrected chi connectivity index (χ2v) is 7.51. The molecule has 0 heterocycles. The Morgan fingerprint density at radius 1 is 0.615 bits per heavy atom. The Hall–Kier alpha value is -2.74. The van der Waals surface area contributed by atoms with E-state index in [-0.39, 0.29) is 0 Å². The molecular weight excluding hydrogens is 316 g/mol. The molecule has 1 aliphatic rings. The number of hydrogen-bond acceptors (Lipinski definition) is 2. The molecule has 0 saturated heterocycles. The van der Waals surface area contributed by atoms with Gasteiger partial charge in [-0.15, -0.1) is 0 Å². The van der Waals surface area contributed by atoms with Crippen molar-refractivity contribution in [1.29, 1.82) is 0 Å². The largest absolute Gasteiger partial charge is 0.301 e. The maximum absolute atomic E-state index is 3.35. The number of anilines is 2. The van der Waals surface area contributed by atoms with Gasteiger partial charge in [0.05, 0.1) is 11.4 Å². The molecule has 132 valence electrons. The van der Waals surface area contributed by atoms with Gasteiger partial charge in [0.15, 0.2) is 0 Å². The summed E-state index contributed by atoms with van der Waals surface area (Å²) in [4.78, 5) is 0. The molecule has 0 aliphatic heterocycles. The number of fused-ring (bicyclic) bond motifs is 3. The molecule has 3 aromatic carbocycles. The van der Waals surface area contributed by atoms with Crippen LogP contribution < -0.4 is 10.9 Å². The number of hydrazine groups is 1. The average molecular weight is 342 g/mol. The molecule has 0 aromatic heterocycles. The molecule has 0 radical (unpaired) electrons. The van der Waals surface area contributed by atoms with Crippen molar-refractivity contribution in [1.82, 2.24) is 0 Å². The van der Waals surface area contributed by atoms with E-state index in [2.05, 4.69) is 79.3 Å². The molecule has 4 rings (SSSR count). The van der Waals surface area contributed by atoms with Crippen LogP contribution in [0.15, 0.2) is 72.8 Å². The molecule has 2 nitrogen and oxygen atoms in total. The van der Waals surface area contributed by atoms with Crippen molar-refractivity contribution in [2.45, 2.75) is 26.7 Å². The van der Waals surface area contributed by atoms with Crippen LogP contribution in [0.4, 0.5) is 11.4 Å². The summed E-state index contributed by atoms with van der Waals surface area (Å²) in [5.41, 5.74) is 14.5. The minimum Gasteiger partial charge on any atom is -0.301 e. The second kappa shape index (κ2) is 7.25. The van der Waals surface area contributed by atoms with Crippen LogP contribution in [0.3, 0.4) is 0 Å². The average Bonchev–Trinajstić information content (AvgIpc) is 2.67. The Balaban J connectivity index is 1.66. The topological polar surface area (TPSA) is 24.1 Å². The summed E-state index contributed by atoms with van der Waals surface area (Å²) in [7, 11) is 0. The summed E-state index contributed by atoms with van der Waals surface area (Å²) in [6.07, 6.45) is 2.28. The highest BCUT2D eigenvalue weighted by Crippen LogP contribution is 2.36. The standard InChI is InChI=1S/C24H26N2/c1-17-14-19-8-6-7-11-23(19)24-13-12-22(16-20(24)15-18(17)2)26-25-21-9-4-3-5-10-21/h3-13,16-18,25-26H,14-15H2,1-2H3. The van der Waals surface area contributed by atoms with E-state index in [1.165, 1.54) is 22.3 Å². The van der Waals surface area contributed by atoms with Gasteiger partial charge in [-0.05, 0) is 71.2 Å². The van der Waals surface area contributed by atoms with Crippen molar-refractivity contribution in [3.05, 3.63) is 83.9 Å². The predicted molar refractivity (Wildman–Crippen MR) is 111 cm³/mol. The molecule has 0 fully saturated rings. The molecule has 0 spiro atoms. The van der Waals surface area contributed by atoms with Crippen molar-refractivity contribution in [2.24, 2.45) is 11.8 Å². The summed E-state index contributed by atoms with van der Waals surface area (Å²) in [5, 5.41) is 0. The molecule has 0 bridgehead atoms. The van der Waals surface area contributed by atoms with Crippen LogP contribution in [0.5, 0.6) is 0 Å². The van der Waals surface area contributed by atoms with Crippen molar-refractivity contribution in [3.8, 4) is 11.1 Å². The second-order valence-electron chi connectivity index (χ2n) is 7.51. The fourth-order valence-corrected chi connectivity index (χ4v) is 3.83. The fraction of sp³-hybridized carbons (Fsp3) is 0.250. The first-order valence-corrected chi connectivity index (χ1v) is 9.49. The Morgan fingerprint density at radius 3 is 2.04 bits per heavy atom. The first-order chi connectivity index (χ1) is 12.7. The van der Waals surface area contributed by atoms with Gasteiger partial charge < -0.3 is 10.9 Å². The molecule has 2 atom stereocenters. The molecule has 2 heteroatoms. The normalized spacial score (nSPS) is 18.8. The van der Waals surface area contributed by atoms with E-state index in [1.54, 1.807) is 0 Å². The quantitative estimate of drug-likeness (QED) is 0.557. The van der Waals surface area contributed by atoms with Crippen LogP contribution in [0, 0.1) is 11.8 Å². The van der Waals surface area contributed by atoms with Gasteiger partial charge >= 0.3 is 0 Å². The third-order valence-corrected chi connectivity index (χ3v) is 5.59. The van der Waals surface area contributed by atoms with Crippen LogP contribution in [0.2, 0.25) is 0 Å². The van der Waals surface area contributed by atoms with Crippen molar-refractivity contribution in [3.63, 3.8) is 0 Å². The highest BCUT2D eigenvalue weighted by atomic mass is 15.4. The van der Waals surface area contributed by atoms with Crippen LogP contribution in [0.25, 0.3) is 11.1 Å². The number of rotatable bonds is 3. The lowest BCUT2D eigenvalue weighted by Gasteiger charge is -2.27. The number of hydrogen-bond donors (Lipinski definition) is 2. The lowest BCUT2D eigenvalue weighted by atomic mass is 9.78. The molecule has 0 saturated carbocycles. The SMILES string of the molecule is CC1Cc2ccccc2-c2ccc(NNc3ccccc3)cc2CC1C. The van der Waals surface area contributed by atoms with Gasteiger partial charge in [-0.2, -0.15) is 0 Å². The highest BCUT2D eigenvalue weighted by molar-refractivity contribution is 5.74. The predicted octanol–water partition coefficient (Wildman–Crippen LogP) is 6.16. The Morgan fingerprint density at radius 2 is 1.23 bits per heavy atom. The van der Waals surface area contributed by atoms with Crippen LogP contribution in [-0.2, 0) is 12.8 Å². The van der Waals surface area contributed by atoms with Gasteiger partial charge in [0, 0.05) is 0 Å². The van der Waals surface area contributed by atoms with E-state index >= 15 is 0 Å². The van der Waals surface area contributed by atoms with Crippen LogP contribution in [0.1, 0.15) is 25.0 Å². The smallest absolute Gasteiger partial charge is 0.0543 e. The number of benzene rings is 3. The van der Waals surface area contributed by atoms with E-state index < -0.39 is 0 Å². The van der Waals surface area contributed by atoms with E-state index in [0.29, 0.717) is 11.8 Å². The molecule has 1 aliphatic carbocycles. The summed E-state index contributed by atoms with van der Waals surface area (Å²) in [6, 6.07) is 25.8. The first-order valence-electron chi connectivity index (χ1n) is 9.49. The number of para-hydroxylation sites is 1. The van der Waals surface area contributed by atoms with E-state index in [9.17, 15) is 0 Å². The zero-order chi connectivity index (χ0) is 17.9. The van der Waals surface area contributed by atoms with E-state index in [0.717, 1.165) is 24.2 Å². The molecular formula is C24H26N2. The zero-order valence-corrected chi connectivity index (χ0v) is 15.5. The van der Waals surface area contributed by atoms with Crippen LogP contribution in [-0.4, -0.2) is 0 Å². The molecule has 3 aromatic rings. The lowest BCUT2D eigenvalue weighted by molar-refractivity contribution is 0.382. The first kappa shape index (κ1) is 16.7. The minimum atomic E-state index is 0.666. The third kappa shape index (κ3) is 3.45. The minimum absolute atomic E-state index is 0.666. The van der Waals surface area contributed by atoms with Crippen LogP contribution >= 0.6 is 0 Å². The summed E-state index contributed by atoms with van der Waals surface area (Å²) < 4.78 is 0. The summed E-state index contributed by atoms with van der Waals surface area (Å²) in [5.74, 6) is 1.35. The van der Waals surface area contributed by atoms with Gasteiger partial charge in [-0.1, -0.05) is 62.4 Å². The van der Waals surface area contributed by atoms with Crippen molar-refractivity contribution >= 4 is 11.4 Å². The van der Waals surface area contributed by atoms with Gasteiger partial charge in [-0.3, -0.25) is 0 Å². The third-order valence-electron chi connectivity index (χ3n) is 5.59. The Bertz CT molecular complexity index is 886. The van der Waals surface area contributed by atoms with Gasteiger partial charge in [0.1, 0.15) is 0 Å². The molecule has 2 N–H and O–H groups in total. The van der Waals surface area contributed by atoms with Crippen molar-refractivity contribution < 1.29 is 0 Å². The Kier molecular flexibility index (Phi) is 4.66. The fourth-order valence-electron chi connectivity index (χ4n) is 3.83. The zero-order valence-electron chi connectivity index (χ0n) is 15.5. The maximum Gasteiger partial charge on any atom is 0.0543 e. The number of nitrogens with one attached hydrogen (secondary N) is 2. The van der Waals surface area contributed by atoms with Crippen molar-refractivity contribution in [2.75, 3.05) is 10.9 Å². The van der Waals surface area contributed by atoms with Gasteiger partial charge in [0.2, 0.25) is 0 Å². The summed E-state index contributed by atoms with van der Waals surface area (Å²) in [6.45, 7) is 4.76. The van der Waals surface area contributed by atoms with E-state index in [1.807, 2.05) is 18.2 Å².